The molecule has 2 aromatic rings. The van der Waals surface area contributed by atoms with E-state index >= 15 is 0 Å². The summed E-state index contributed by atoms with van der Waals surface area (Å²) in [6.07, 6.45) is 0.357. The van der Waals surface area contributed by atoms with E-state index in [1.807, 2.05) is 42.3 Å². The van der Waals surface area contributed by atoms with Crippen LogP contribution >= 0.6 is 0 Å². The smallest absolute Gasteiger partial charge is 0.222 e. The van der Waals surface area contributed by atoms with Crippen molar-refractivity contribution < 1.29 is 9.18 Å². The third-order valence-electron chi connectivity index (χ3n) is 3.87. The van der Waals surface area contributed by atoms with Crippen LogP contribution in [0.5, 0.6) is 0 Å². The van der Waals surface area contributed by atoms with E-state index in [4.69, 9.17) is 0 Å². The Kier molecular flexibility index (Phi) is 7.61. The fourth-order valence-electron chi connectivity index (χ4n) is 2.50. The number of aliphatic imine (C=N–C) groups is 1. The Labute approximate surface area is 153 Å². The van der Waals surface area contributed by atoms with Gasteiger partial charge in [0.05, 0.1) is 0 Å². The van der Waals surface area contributed by atoms with Crippen LogP contribution in [0.2, 0.25) is 0 Å². The van der Waals surface area contributed by atoms with E-state index in [0.29, 0.717) is 32.0 Å². The number of nitrogens with zero attached hydrogens (tertiary/aromatic N) is 2. The molecule has 0 spiro atoms. The topological polar surface area (TPSA) is 56.7 Å². The predicted molar refractivity (Wildman–Crippen MR) is 102 cm³/mol. The molecule has 6 heteroatoms. The molecule has 0 bridgehead atoms. The Morgan fingerprint density at radius 3 is 2.38 bits per heavy atom. The Bertz CT molecular complexity index is 716. The zero-order valence-electron chi connectivity index (χ0n) is 15.2. The molecular formula is C20H25FN4O. The van der Waals surface area contributed by atoms with Gasteiger partial charge in [0, 0.05) is 40.2 Å². The highest BCUT2D eigenvalue weighted by Gasteiger charge is 2.08. The molecule has 0 aliphatic carbocycles. The summed E-state index contributed by atoms with van der Waals surface area (Å²) >= 11 is 0. The Morgan fingerprint density at radius 1 is 1.04 bits per heavy atom. The highest BCUT2D eigenvalue weighted by Crippen LogP contribution is 2.05. The van der Waals surface area contributed by atoms with E-state index < -0.39 is 0 Å². The standard InChI is InChI=1S/C20H25FN4O/c1-22-20(25(2)15-17-8-10-18(21)11-9-17)23-13-12-19(26)24-14-16-6-4-3-5-7-16/h3-11H,12-15H2,1-2H3,(H,22,23)(H,24,26). The van der Waals surface area contributed by atoms with Crippen LogP contribution < -0.4 is 10.6 Å². The average Bonchev–Trinajstić information content (AvgIpc) is 2.66. The van der Waals surface area contributed by atoms with Crippen LogP contribution in [0.1, 0.15) is 17.5 Å². The molecule has 2 N–H and O–H groups in total. The second-order valence-electron chi connectivity index (χ2n) is 5.97. The van der Waals surface area contributed by atoms with Crippen LogP contribution in [-0.4, -0.2) is 37.4 Å². The zero-order chi connectivity index (χ0) is 18.8. The van der Waals surface area contributed by atoms with Gasteiger partial charge < -0.3 is 15.5 Å². The molecule has 1 amide bonds. The number of benzene rings is 2. The fraction of sp³-hybridized carbons (Fsp3) is 0.300. The molecule has 2 rings (SSSR count). The van der Waals surface area contributed by atoms with Gasteiger partial charge in [0.15, 0.2) is 5.96 Å². The number of rotatable bonds is 7. The fourth-order valence-corrected chi connectivity index (χ4v) is 2.50. The third kappa shape index (κ3) is 6.55. The Morgan fingerprint density at radius 2 is 1.73 bits per heavy atom. The maximum atomic E-state index is 13.0. The van der Waals surface area contributed by atoms with Crippen LogP contribution in [0.25, 0.3) is 0 Å². The van der Waals surface area contributed by atoms with Crippen LogP contribution in [0.4, 0.5) is 4.39 Å². The number of guanidine groups is 1. The lowest BCUT2D eigenvalue weighted by molar-refractivity contribution is -0.121. The first-order valence-corrected chi connectivity index (χ1v) is 8.55. The monoisotopic (exact) mass is 356 g/mol. The van der Waals surface area contributed by atoms with Gasteiger partial charge in [-0.2, -0.15) is 0 Å². The van der Waals surface area contributed by atoms with E-state index in [9.17, 15) is 9.18 Å². The summed E-state index contributed by atoms with van der Waals surface area (Å²) in [7, 11) is 3.59. The highest BCUT2D eigenvalue weighted by atomic mass is 19.1. The minimum atomic E-state index is -0.250. The lowest BCUT2D eigenvalue weighted by Gasteiger charge is -2.22. The first-order chi connectivity index (χ1) is 12.6. The van der Waals surface area contributed by atoms with Crippen molar-refractivity contribution in [3.63, 3.8) is 0 Å². The van der Waals surface area contributed by atoms with E-state index in [2.05, 4.69) is 15.6 Å². The second kappa shape index (κ2) is 10.2. The first kappa shape index (κ1) is 19.4. The Balaban J connectivity index is 1.72. The van der Waals surface area contributed by atoms with E-state index in [-0.39, 0.29) is 11.7 Å². The van der Waals surface area contributed by atoms with Gasteiger partial charge in [-0.15, -0.1) is 0 Å². The van der Waals surface area contributed by atoms with E-state index in [1.54, 1.807) is 19.2 Å². The summed E-state index contributed by atoms with van der Waals surface area (Å²) in [5.74, 6) is 0.420. The van der Waals surface area contributed by atoms with Gasteiger partial charge in [-0.05, 0) is 23.3 Å². The largest absolute Gasteiger partial charge is 0.356 e. The second-order valence-corrected chi connectivity index (χ2v) is 5.97. The lowest BCUT2D eigenvalue weighted by atomic mass is 10.2. The summed E-state index contributed by atoms with van der Waals surface area (Å²) in [6.45, 7) is 1.61. The van der Waals surface area contributed by atoms with Gasteiger partial charge in [-0.25, -0.2) is 4.39 Å². The molecule has 0 aliphatic rings. The molecule has 0 atom stereocenters. The maximum Gasteiger partial charge on any atom is 0.222 e. The molecule has 0 aliphatic heterocycles. The van der Waals surface area contributed by atoms with Crippen LogP contribution in [0, 0.1) is 5.82 Å². The number of hydrogen-bond donors (Lipinski definition) is 2. The van der Waals surface area contributed by atoms with Gasteiger partial charge in [0.1, 0.15) is 5.82 Å². The van der Waals surface area contributed by atoms with Crippen molar-refractivity contribution in [3.05, 3.63) is 71.5 Å². The molecule has 0 unspecified atom stereocenters. The summed E-state index contributed by atoms with van der Waals surface area (Å²) < 4.78 is 13.0. The molecule has 0 fully saturated rings. The van der Waals surface area contributed by atoms with Crippen molar-refractivity contribution in [1.29, 1.82) is 0 Å². The van der Waals surface area contributed by atoms with Gasteiger partial charge in [-0.1, -0.05) is 42.5 Å². The quantitative estimate of drug-likeness (QED) is 0.592. The van der Waals surface area contributed by atoms with E-state index in [0.717, 1.165) is 11.1 Å². The normalized spacial score (nSPS) is 11.1. The van der Waals surface area contributed by atoms with Gasteiger partial charge >= 0.3 is 0 Å². The highest BCUT2D eigenvalue weighted by molar-refractivity contribution is 5.81. The molecular weight excluding hydrogens is 331 g/mol. The number of amides is 1. The first-order valence-electron chi connectivity index (χ1n) is 8.55. The zero-order valence-corrected chi connectivity index (χ0v) is 15.2. The molecule has 138 valence electrons. The molecule has 0 radical (unpaired) electrons. The van der Waals surface area contributed by atoms with Crippen LogP contribution in [-0.2, 0) is 17.9 Å². The van der Waals surface area contributed by atoms with Crippen molar-refractivity contribution in [2.45, 2.75) is 19.5 Å². The summed E-state index contributed by atoms with van der Waals surface area (Å²) in [6, 6.07) is 16.2. The number of halogens is 1. The maximum absolute atomic E-state index is 13.0. The van der Waals surface area contributed by atoms with Gasteiger partial charge in [-0.3, -0.25) is 9.79 Å². The minimum Gasteiger partial charge on any atom is -0.356 e. The van der Waals surface area contributed by atoms with Crippen molar-refractivity contribution >= 4 is 11.9 Å². The summed E-state index contributed by atoms with van der Waals surface area (Å²) in [5, 5.41) is 6.07. The van der Waals surface area contributed by atoms with Crippen molar-refractivity contribution in [2.24, 2.45) is 4.99 Å². The van der Waals surface area contributed by atoms with Crippen LogP contribution in [0.15, 0.2) is 59.6 Å². The number of nitrogens with one attached hydrogen (secondary N) is 2. The minimum absolute atomic E-state index is 0.0157. The SMILES string of the molecule is CN=C(NCCC(=O)NCc1ccccc1)N(C)Cc1ccc(F)cc1. The number of carbonyl (C=O) groups excluding carboxylic acids is 1. The molecule has 2 aromatic carbocycles. The molecule has 0 saturated carbocycles. The molecule has 0 aromatic heterocycles. The third-order valence-corrected chi connectivity index (χ3v) is 3.87. The van der Waals surface area contributed by atoms with Gasteiger partial charge in [0.2, 0.25) is 5.91 Å². The number of carbonyl (C=O) groups is 1. The van der Waals surface area contributed by atoms with E-state index in [1.165, 1.54) is 12.1 Å². The molecule has 0 saturated heterocycles. The molecule has 26 heavy (non-hydrogen) atoms. The van der Waals surface area contributed by atoms with Gasteiger partial charge in [0.25, 0.3) is 0 Å². The molecule has 5 nitrogen and oxygen atoms in total. The summed E-state index contributed by atoms with van der Waals surface area (Å²) in [4.78, 5) is 18.1. The lowest BCUT2D eigenvalue weighted by Crippen LogP contribution is -2.40. The summed E-state index contributed by atoms with van der Waals surface area (Å²) in [5.41, 5.74) is 2.06. The Hall–Kier alpha value is -2.89. The average molecular weight is 356 g/mol. The van der Waals surface area contributed by atoms with Crippen molar-refractivity contribution in [2.75, 3.05) is 20.6 Å². The molecule has 0 heterocycles. The number of hydrogen-bond acceptors (Lipinski definition) is 2. The predicted octanol–water partition coefficient (Wildman–Crippen LogP) is 2.54. The van der Waals surface area contributed by atoms with Crippen molar-refractivity contribution in [1.82, 2.24) is 15.5 Å². The van der Waals surface area contributed by atoms with Crippen molar-refractivity contribution in [3.8, 4) is 0 Å². The van der Waals surface area contributed by atoms with Crippen LogP contribution in [0.3, 0.4) is 0 Å².